The summed E-state index contributed by atoms with van der Waals surface area (Å²) < 4.78 is 0. The molecule has 6 N–H and O–H groups in total. The molecule has 0 spiro atoms. The summed E-state index contributed by atoms with van der Waals surface area (Å²) in [5.41, 5.74) is 11.8. The van der Waals surface area contributed by atoms with Crippen LogP contribution in [0.4, 0.5) is 17.2 Å². The first-order chi connectivity index (χ1) is 11.3. The Balaban J connectivity index is 1.80. The Morgan fingerprint density at radius 3 is 2.96 bits per heavy atom. The highest BCUT2D eigenvalue weighted by Crippen LogP contribution is 2.33. The van der Waals surface area contributed by atoms with Gasteiger partial charge in [0, 0.05) is 17.1 Å². The van der Waals surface area contributed by atoms with Crippen LogP contribution in [-0.2, 0) is 12.8 Å². The van der Waals surface area contributed by atoms with Crippen LogP contribution < -0.4 is 16.5 Å². The molecule has 3 aromatic rings. The van der Waals surface area contributed by atoms with Gasteiger partial charge in [0.05, 0.1) is 10.9 Å². The number of anilines is 3. The number of nitrogens with two attached hydrogens (primary N) is 2. The number of fused-ring (bicyclic) bond motifs is 3. The third-order valence-electron chi connectivity index (χ3n) is 4.42. The van der Waals surface area contributed by atoms with Crippen LogP contribution in [0.3, 0.4) is 0 Å². The molecular weight excluding hydrogens is 288 g/mol. The lowest BCUT2D eigenvalue weighted by Gasteiger charge is -2.12. The number of aromatic nitrogens is 3. The number of H-pyrrole nitrogens is 1. The summed E-state index contributed by atoms with van der Waals surface area (Å²) in [6.45, 7) is 0. The van der Waals surface area contributed by atoms with Crippen molar-refractivity contribution in [3.63, 3.8) is 0 Å². The third kappa shape index (κ3) is 2.32. The molecule has 2 heterocycles. The fourth-order valence-electron chi connectivity index (χ4n) is 3.26. The van der Waals surface area contributed by atoms with Crippen molar-refractivity contribution in [2.24, 2.45) is 0 Å². The number of benzene rings is 1. The number of hydrogen-bond acceptors (Lipinski definition) is 4. The standard InChI is InChI=1S/C17H18N6/c18-8-10-7-11(5-6-13(10)19)22-16-15-12-3-1-2-4-14(12)23-17(15)21-9-20-16/h5-9,18H,1-4,19H2,(H2,20,21,22,23)/p+1. The Morgan fingerprint density at radius 2 is 2.09 bits per heavy atom. The van der Waals surface area contributed by atoms with Crippen LogP contribution in [0.15, 0.2) is 24.5 Å². The van der Waals surface area contributed by atoms with Crippen LogP contribution in [0.1, 0.15) is 29.7 Å². The Labute approximate surface area is 133 Å². The number of nitrogens with zero attached hydrogens (tertiary/aromatic N) is 2. The van der Waals surface area contributed by atoms with Crippen LogP contribution >= 0.6 is 0 Å². The van der Waals surface area contributed by atoms with Gasteiger partial charge in [-0.15, -0.1) is 0 Å². The van der Waals surface area contributed by atoms with E-state index in [4.69, 9.17) is 11.1 Å². The van der Waals surface area contributed by atoms with Gasteiger partial charge in [-0.25, -0.2) is 9.97 Å². The highest BCUT2D eigenvalue weighted by atomic mass is 15.0. The lowest BCUT2D eigenvalue weighted by Crippen LogP contribution is -2.30. The lowest BCUT2D eigenvalue weighted by atomic mass is 9.96. The first-order valence-electron chi connectivity index (χ1n) is 7.82. The van der Waals surface area contributed by atoms with E-state index in [0.29, 0.717) is 5.69 Å². The minimum absolute atomic E-state index is 0.657. The molecule has 1 aromatic carbocycles. The molecular formula is C17H19N6+. The lowest BCUT2D eigenvalue weighted by molar-refractivity contribution is -0.104. The van der Waals surface area contributed by atoms with E-state index in [-0.39, 0.29) is 0 Å². The minimum atomic E-state index is 0.657. The molecule has 4 rings (SSSR count). The fourth-order valence-corrected chi connectivity index (χ4v) is 3.26. The average molecular weight is 307 g/mol. The van der Waals surface area contributed by atoms with Gasteiger partial charge in [-0.05, 0) is 49.4 Å². The predicted octanol–water partition coefficient (Wildman–Crippen LogP) is 1.34. The van der Waals surface area contributed by atoms with Gasteiger partial charge in [0.1, 0.15) is 17.8 Å². The van der Waals surface area contributed by atoms with Crippen molar-refractivity contribution in [3.8, 4) is 0 Å². The Hall–Kier alpha value is -2.89. The second-order valence-electron chi connectivity index (χ2n) is 5.87. The van der Waals surface area contributed by atoms with Crippen molar-refractivity contribution in [1.82, 2.24) is 15.0 Å². The van der Waals surface area contributed by atoms with Crippen LogP contribution in [0.25, 0.3) is 11.0 Å². The number of aromatic amines is 1. The number of rotatable bonds is 3. The van der Waals surface area contributed by atoms with Crippen molar-refractivity contribution in [2.75, 3.05) is 11.1 Å². The second-order valence-corrected chi connectivity index (χ2v) is 5.87. The maximum Gasteiger partial charge on any atom is 0.169 e. The zero-order chi connectivity index (χ0) is 15.8. The second kappa shape index (κ2) is 5.39. The molecule has 1 aliphatic rings. The summed E-state index contributed by atoms with van der Waals surface area (Å²) in [5.74, 6) is 0.821. The molecule has 0 atom stereocenters. The third-order valence-corrected chi connectivity index (χ3v) is 4.42. The van der Waals surface area contributed by atoms with Gasteiger partial charge in [-0.1, -0.05) is 0 Å². The van der Waals surface area contributed by atoms with Gasteiger partial charge < -0.3 is 16.0 Å². The molecule has 0 fully saturated rings. The molecule has 1 aliphatic carbocycles. The summed E-state index contributed by atoms with van der Waals surface area (Å²) in [6.07, 6.45) is 7.68. The van der Waals surface area contributed by atoms with E-state index in [1.54, 1.807) is 6.33 Å². The molecule has 0 radical (unpaired) electrons. The van der Waals surface area contributed by atoms with E-state index in [9.17, 15) is 0 Å². The predicted molar refractivity (Wildman–Crippen MR) is 91.8 cm³/mol. The van der Waals surface area contributed by atoms with Gasteiger partial charge in [-0.3, -0.25) is 5.41 Å². The highest BCUT2D eigenvalue weighted by Gasteiger charge is 2.19. The molecule has 0 unspecified atom stereocenters. The van der Waals surface area contributed by atoms with Crippen molar-refractivity contribution in [3.05, 3.63) is 41.3 Å². The largest absolute Gasteiger partial charge is 0.398 e. The molecule has 0 saturated heterocycles. The topological polar surface area (TPSA) is 105 Å². The average Bonchev–Trinajstić information content (AvgIpc) is 2.96. The van der Waals surface area contributed by atoms with Crippen molar-refractivity contribution in [2.45, 2.75) is 25.7 Å². The molecule has 0 aliphatic heterocycles. The zero-order valence-corrected chi connectivity index (χ0v) is 12.8. The Bertz CT molecular complexity index is 895. The van der Waals surface area contributed by atoms with Gasteiger partial charge in [0.15, 0.2) is 6.21 Å². The monoisotopic (exact) mass is 307 g/mol. The minimum Gasteiger partial charge on any atom is -0.398 e. The molecule has 0 saturated carbocycles. The van der Waals surface area contributed by atoms with Crippen molar-refractivity contribution >= 4 is 34.4 Å². The first kappa shape index (κ1) is 13.8. The van der Waals surface area contributed by atoms with E-state index in [0.717, 1.165) is 40.9 Å². The molecule has 6 heteroatoms. The van der Waals surface area contributed by atoms with Gasteiger partial charge in [0.2, 0.25) is 0 Å². The zero-order valence-electron chi connectivity index (χ0n) is 12.8. The smallest absolute Gasteiger partial charge is 0.169 e. The molecule has 6 nitrogen and oxygen atoms in total. The van der Waals surface area contributed by atoms with E-state index < -0.39 is 0 Å². The van der Waals surface area contributed by atoms with Crippen molar-refractivity contribution in [1.29, 1.82) is 0 Å². The first-order valence-corrected chi connectivity index (χ1v) is 7.82. The van der Waals surface area contributed by atoms with E-state index in [1.165, 1.54) is 30.3 Å². The number of aryl methyl sites for hydroxylation is 2. The SMILES string of the molecule is Nc1ccc(Nc2ncnc3[nH]c4c(c23)CCCC4)cc1C=[NH2+]. The quantitative estimate of drug-likeness (QED) is 0.433. The van der Waals surface area contributed by atoms with E-state index in [1.807, 2.05) is 18.2 Å². The van der Waals surface area contributed by atoms with Gasteiger partial charge >= 0.3 is 0 Å². The summed E-state index contributed by atoms with van der Waals surface area (Å²) in [7, 11) is 0. The molecule has 23 heavy (non-hydrogen) atoms. The van der Waals surface area contributed by atoms with E-state index in [2.05, 4.69) is 20.3 Å². The summed E-state index contributed by atoms with van der Waals surface area (Å²) in [6, 6.07) is 5.68. The summed E-state index contributed by atoms with van der Waals surface area (Å²) in [5, 5.41) is 10.1. The number of nitrogens with one attached hydrogen (secondary N) is 2. The van der Waals surface area contributed by atoms with E-state index >= 15 is 0 Å². The maximum absolute atomic E-state index is 5.89. The van der Waals surface area contributed by atoms with Gasteiger partial charge in [0.25, 0.3) is 0 Å². The van der Waals surface area contributed by atoms with Crippen molar-refractivity contribution < 1.29 is 5.41 Å². The molecule has 0 bridgehead atoms. The van der Waals surface area contributed by atoms with Crippen LogP contribution in [0.2, 0.25) is 0 Å². The Kier molecular flexibility index (Phi) is 3.22. The van der Waals surface area contributed by atoms with Crippen LogP contribution in [-0.4, -0.2) is 21.2 Å². The van der Waals surface area contributed by atoms with Crippen LogP contribution in [0.5, 0.6) is 0 Å². The molecule has 2 aromatic heterocycles. The normalized spacial score (nSPS) is 13.7. The van der Waals surface area contributed by atoms with Gasteiger partial charge in [-0.2, -0.15) is 0 Å². The number of hydrogen-bond donors (Lipinski definition) is 4. The maximum atomic E-state index is 5.89. The summed E-state index contributed by atoms with van der Waals surface area (Å²) in [4.78, 5) is 12.3. The summed E-state index contributed by atoms with van der Waals surface area (Å²) >= 11 is 0. The molecule has 0 amide bonds. The van der Waals surface area contributed by atoms with Crippen LogP contribution in [0, 0.1) is 0 Å². The highest BCUT2D eigenvalue weighted by molar-refractivity contribution is 5.94. The Morgan fingerprint density at radius 1 is 1.22 bits per heavy atom. The number of nitrogen functional groups attached to an aromatic ring is 1. The fraction of sp³-hybridized carbons (Fsp3) is 0.235. The molecule has 116 valence electrons.